The quantitative estimate of drug-likeness (QED) is 0.453. The minimum atomic E-state index is -3.50. The predicted molar refractivity (Wildman–Crippen MR) is 128 cm³/mol. The molecule has 33 heavy (non-hydrogen) atoms. The third-order valence-corrected chi connectivity index (χ3v) is 7.88. The number of hydrogen-bond acceptors (Lipinski definition) is 6. The van der Waals surface area contributed by atoms with Gasteiger partial charge in [-0.2, -0.15) is 9.40 Å². The lowest BCUT2D eigenvalue weighted by molar-refractivity contribution is 0.384. The standard InChI is InChI=1S/C24H26N6O2S/c1-3-22-26-23(21-17-25-30(24(21)27-22)19-11-9-18(2)10-12-19)28-13-15-29(16-14-28)33(31,32)20-7-5-4-6-8-20/h4-12,17H,3,13-16H2,1-2H3. The molecule has 1 fully saturated rings. The van der Waals surface area contributed by atoms with Crippen LogP contribution in [0, 0.1) is 6.92 Å². The van der Waals surface area contributed by atoms with E-state index in [4.69, 9.17) is 9.97 Å². The summed E-state index contributed by atoms with van der Waals surface area (Å²) in [6.07, 6.45) is 2.50. The monoisotopic (exact) mass is 462 g/mol. The number of aryl methyl sites for hydroxylation is 2. The van der Waals surface area contributed by atoms with Crippen molar-refractivity contribution >= 4 is 26.9 Å². The molecule has 1 aliphatic heterocycles. The van der Waals surface area contributed by atoms with Gasteiger partial charge in [-0.15, -0.1) is 0 Å². The number of nitrogens with zero attached hydrogens (tertiary/aromatic N) is 6. The molecule has 2 aromatic carbocycles. The smallest absolute Gasteiger partial charge is 0.243 e. The highest BCUT2D eigenvalue weighted by atomic mass is 32.2. The van der Waals surface area contributed by atoms with Gasteiger partial charge in [0.25, 0.3) is 0 Å². The molecule has 0 radical (unpaired) electrons. The number of anilines is 1. The van der Waals surface area contributed by atoms with Gasteiger partial charge in [0.05, 0.1) is 22.2 Å². The summed E-state index contributed by atoms with van der Waals surface area (Å²) in [6, 6.07) is 16.8. The number of sulfonamides is 1. The molecule has 4 aromatic rings. The number of fused-ring (bicyclic) bond motifs is 1. The van der Waals surface area contributed by atoms with Gasteiger partial charge in [0.1, 0.15) is 11.6 Å². The van der Waals surface area contributed by atoms with Gasteiger partial charge >= 0.3 is 0 Å². The molecular weight excluding hydrogens is 436 g/mol. The zero-order valence-electron chi connectivity index (χ0n) is 18.7. The second kappa shape index (κ2) is 8.57. The fourth-order valence-electron chi connectivity index (χ4n) is 4.09. The Labute approximate surface area is 193 Å². The van der Waals surface area contributed by atoms with E-state index in [-0.39, 0.29) is 0 Å². The van der Waals surface area contributed by atoms with Gasteiger partial charge in [0.2, 0.25) is 10.0 Å². The average Bonchev–Trinajstić information content (AvgIpc) is 3.28. The van der Waals surface area contributed by atoms with E-state index in [0.717, 1.165) is 28.4 Å². The maximum Gasteiger partial charge on any atom is 0.243 e. The van der Waals surface area contributed by atoms with Crippen LogP contribution in [-0.2, 0) is 16.4 Å². The summed E-state index contributed by atoms with van der Waals surface area (Å²) >= 11 is 0. The van der Waals surface area contributed by atoms with E-state index < -0.39 is 10.0 Å². The van der Waals surface area contributed by atoms with Crippen molar-refractivity contribution < 1.29 is 8.42 Å². The number of hydrogen-bond donors (Lipinski definition) is 0. The molecule has 0 atom stereocenters. The summed E-state index contributed by atoms with van der Waals surface area (Å²) in [6.45, 7) is 5.99. The molecule has 9 heteroatoms. The van der Waals surface area contributed by atoms with Crippen molar-refractivity contribution in [3.63, 3.8) is 0 Å². The van der Waals surface area contributed by atoms with Crippen LogP contribution in [-0.4, -0.2) is 58.7 Å². The average molecular weight is 463 g/mol. The summed E-state index contributed by atoms with van der Waals surface area (Å²) in [4.78, 5) is 12.0. The van der Waals surface area contributed by atoms with Crippen LogP contribution < -0.4 is 4.90 Å². The van der Waals surface area contributed by atoms with Gasteiger partial charge in [-0.3, -0.25) is 0 Å². The normalized spacial score (nSPS) is 15.3. The molecule has 0 unspecified atom stereocenters. The lowest BCUT2D eigenvalue weighted by Gasteiger charge is -2.35. The Balaban J connectivity index is 1.45. The van der Waals surface area contributed by atoms with E-state index >= 15 is 0 Å². The number of aromatic nitrogens is 4. The molecule has 2 aromatic heterocycles. The van der Waals surface area contributed by atoms with Crippen molar-refractivity contribution in [1.82, 2.24) is 24.1 Å². The molecule has 0 amide bonds. The summed E-state index contributed by atoms with van der Waals surface area (Å²) in [7, 11) is -3.50. The molecule has 0 saturated carbocycles. The van der Waals surface area contributed by atoms with E-state index in [1.54, 1.807) is 34.8 Å². The second-order valence-electron chi connectivity index (χ2n) is 8.15. The number of rotatable bonds is 5. The van der Waals surface area contributed by atoms with Crippen LogP contribution in [0.1, 0.15) is 18.3 Å². The summed E-state index contributed by atoms with van der Waals surface area (Å²) in [5, 5.41) is 5.47. The number of piperazine rings is 1. The van der Waals surface area contributed by atoms with Crippen LogP contribution in [0.5, 0.6) is 0 Å². The van der Waals surface area contributed by atoms with Crippen LogP contribution in [0.15, 0.2) is 65.7 Å². The van der Waals surface area contributed by atoms with Gasteiger partial charge < -0.3 is 4.90 Å². The Kier molecular flexibility index (Phi) is 5.59. The summed E-state index contributed by atoms with van der Waals surface area (Å²) < 4.78 is 29.4. The second-order valence-corrected chi connectivity index (χ2v) is 10.1. The van der Waals surface area contributed by atoms with Crippen molar-refractivity contribution in [3.05, 3.63) is 72.2 Å². The fourth-order valence-corrected chi connectivity index (χ4v) is 5.54. The largest absolute Gasteiger partial charge is 0.353 e. The van der Waals surface area contributed by atoms with Crippen molar-refractivity contribution in [2.75, 3.05) is 31.1 Å². The molecule has 0 N–H and O–H groups in total. The third-order valence-electron chi connectivity index (χ3n) is 5.97. The maximum absolute atomic E-state index is 13.0. The fraction of sp³-hybridized carbons (Fsp3) is 0.292. The summed E-state index contributed by atoms with van der Waals surface area (Å²) in [5.41, 5.74) is 2.89. The highest BCUT2D eigenvalue weighted by Gasteiger charge is 2.30. The third kappa shape index (κ3) is 3.98. The van der Waals surface area contributed by atoms with Crippen LogP contribution in [0.2, 0.25) is 0 Å². The van der Waals surface area contributed by atoms with E-state index in [1.165, 1.54) is 5.56 Å². The molecule has 1 aliphatic rings. The molecule has 1 saturated heterocycles. The first-order chi connectivity index (χ1) is 16.0. The van der Waals surface area contributed by atoms with Crippen molar-refractivity contribution in [1.29, 1.82) is 0 Å². The van der Waals surface area contributed by atoms with E-state index in [0.29, 0.717) is 37.5 Å². The lowest BCUT2D eigenvalue weighted by Crippen LogP contribution is -2.49. The SMILES string of the molecule is CCc1nc(N2CCN(S(=O)(=O)c3ccccc3)CC2)c2cnn(-c3ccc(C)cc3)c2n1. The van der Waals surface area contributed by atoms with Gasteiger partial charge in [0.15, 0.2) is 5.65 Å². The van der Waals surface area contributed by atoms with Gasteiger partial charge in [0, 0.05) is 32.6 Å². The van der Waals surface area contributed by atoms with Crippen molar-refractivity contribution in [2.24, 2.45) is 0 Å². The highest BCUT2D eigenvalue weighted by Crippen LogP contribution is 2.28. The Morgan fingerprint density at radius 3 is 2.27 bits per heavy atom. The zero-order valence-corrected chi connectivity index (χ0v) is 19.5. The van der Waals surface area contributed by atoms with Gasteiger partial charge in [-0.1, -0.05) is 42.8 Å². The molecule has 3 heterocycles. The first-order valence-electron chi connectivity index (χ1n) is 11.1. The van der Waals surface area contributed by atoms with Crippen molar-refractivity contribution in [2.45, 2.75) is 25.2 Å². The van der Waals surface area contributed by atoms with E-state index in [2.05, 4.69) is 29.1 Å². The Morgan fingerprint density at radius 2 is 1.61 bits per heavy atom. The number of benzene rings is 2. The zero-order chi connectivity index (χ0) is 23.0. The van der Waals surface area contributed by atoms with Crippen LogP contribution in [0.3, 0.4) is 0 Å². The molecule has 0 spiro atoms. The van der Waals surface area contributed by atoms with Gasteiger partial charge in [-0.05, 0) is 31.2 Å². The van der Waals surface area contributed by atoms with Crippen LogP contribution >= 0.6 is 0 Å². The first-order valence-corrected chi connectivity index (χ1v) is 12.5. The minimum Gasteiger partial charge on any atom is -0.353 e. The topological polar surface area (TPSA) is 84.2 Å². The molecule has 5 rings (SSSR count). The molecule has 8 nitrogen and oxygen atoms in total. The predicted octanol–water partition coefficient (Wildman–Crippen LogP) is 3.20. The van der Waals surface area contributed by atoms with E-state index in [1.807, 2.05) is 29.8 Å². The molecule has 170 valence electrons. The van der Waals surface area contributed by atoms with Crippen LogP contribution in [0.4, 0.5) is 5.82 Å². The highest BCUT2D eigenvalue weighted by molar-refractivity contribution is 7.89. The molecule has 0 aliphatic carbocycles. The minimum absolute atomic E-state index is 0.329. The van der Waals surface area contributed by atoms with Crippen LogP contribution in [0.25, 0.3) is 16.7 Å². The molecule has 0 bridgehead atoms. The summed E-state index contributed by atoms with van der Waals surface area (Å²) in [5.74, 6) is 1.55. The maximum atomic E-state index is 13.0. The Hall–Kier alpha value is -3.30. The Morgan fingerprint density at radius 1 is 0.909 bits per heavy atom. The van der Waals surface area contributed by atoms with Gasteiger partial charge in [-0.25, -0.2) is 23.1 Å². The molecular formula is C24H26N6O2S. The lowest BCUT2D eigenvalue weighted by atomic mass is 10.2. The van der Waals surface area contributed by atoms with Crippen molar-refractivity contribution in [3.8, 4) is 5.69 Å². The van der Waals surface area contributed by atoms with E-state index in [9.17, 15) is 8.42 Å². The Bertz CT molecular complexity index is 1380. The first kappa shape index (κ1) is 21.5.